The van der Waals surface area contributed by atoms with Crippen molar-refractivity contribution in [1.29, 1.82) is 0 Å². The summed E-state index contributed by atoms with van der Waals surface area (Å²) >= 11 is 0. The zero-order valence-corrected chi connectivity index (χ0v) is 19.2. The monoisotopic (exact) mass is 473 g/mol. The molecule has 0 aliphatic rings. The Bertz CT molecular complexity index is 821. The van der Waals surface area contributed by atoms with Gasteiger partial charge in [-0.1, -0.05) is 36.4 Å². The van der Waals surface area contributed by atoms with E-state index in [9.17, 15) is 0 Å². The highest BCUT2D eigenvalue weighted by atomic mass is 127. The molecule has 0 aliphatic carbocycles. The summed E-state index contributed by atoms with van der Waals surface area (Å²) in [6.07, 6.45) is 0. The Kier molecular flexibility index (Phi) is 6.64. The lowest BCUT2D eigenvalue weighted by atomic mass is 10.0. The molecule has 0 heterocycles. The third-order valence-electron chi connectivity index (χ3n) is 5.17. The molecule has 0 aromatic heterocycles. The average molecular weight is 473 g/mol. The van der Waals surface area contributed by atoms with E-state index in [1.54, 1.807) is 0 Å². The second kappa shape index (κ2) is 8.16. The summed E-state index contributed by atoms with van der Waals surface area (Å²) in [5.41, 5.74) is 4.08. The SMILES string of the molecule is Cc1cc([P+](C)(c2ccccc2)c2ccccc2)c([Si])c(C)c1C.[I-]. The Morgan fingerprint density at radius 2 is 1.16 bits per heavy atom. The van der Waals surface area contributed by atoms with Gasteiger partial charge in [-0.25, -0.2) is 0 Å². The van der Waals surface area contributed by atoms with Gasteiger partial charge in [-0.05, 0) is 73.0 Å². The molecule has 0 N–H and O–H groups in total. The van der Waals surface area contributed by atoms with Gasteiger partial charge in [0.2, 0.25) is 0 Å². The third kappa shape index (κ3) is 3.62. The predicted octanol–water partition coefficient (Wildman–Crippen LogP) is 0.333. The molecule has 3 rings (SSSR count). The van der Waals surface area contributed by atoms with Crippen molar-refractivity contribution in [2.45, 2.75) is 20.8 Å². The zero-order valence-electron chi connectivity index (χ0n) is 15.2. The molecule has 0 bridgehead atoms. The van der Waals surface area contributed by atoms with Crippen LogP contribution in [0, 0.1) is 20.8 Å². The first-order valence-corrected chi connectivity index (χ1v) is 11.0. The van der Waals surface area contributed by atoms with Crippen LogP contribution in [-0.2, 0) is 0 Å². The molecule has 0 saturated carbocycles. The summed E-state index contributed by atoms with van der Waals surface area (Å²) in [4.78, 5) is 0. The van der Waals surface area contributed by atoms with E-state index < -0.39 is 7.26 Å². The minimum Gasteiger partial charge on any atom is -1.00 e. The predicted molar refractivity (Wildman–Crippen MR) is 111 cm³/mol. The smallest absolute Gasteiger partial charge is 0.109 e. The fourth-order valence-electron chi connectivity index (χ4n) is 3.29. The van der Waals surface area contributed by atoms with Gasteiger partial charge in [0.05, 0.1) is 16.9 Å². The van der Waals surface area contributed by atoms with Crippen molar-refractivity contribution >= 4 is 38.6 Å². The van der Waals surface area contributed by atoms with Gasteiger partial charge in [0.1, 0.15) is 23.2 Å². The van der Waals surface area contributed by atoms with Crippen LogP contribution < -0.4 is 45.1 Å². The van der Waals surface area contributed by atoms with Crippen LogP contribution in [0.5, 0.6) is 0 Å². The summed E-state index contributed by atoms with van der Waals surface area (Å²) in [5.74, 6) is 0. The Labute approximate surface area is 172 Å². The Hall–Kier alpha value is -0.963. The minimum absolute atomic E-state index is 0. The average Bonchev–Trinajstić information content (AvgIpc) is 2.64. The van der Waals surface area contributed by atoms with Gasteiger partial charge in [0, 0.05) is 0 Å². The van der Waals surface area contributed by atoms with Gasteiger partial charge in [-0.3, -0.25) is 0 Å². The van der Waals surface area contributed by atoms with Crippen molar-refractivity contribution in [3.63, 3.8) is 0 Å². The molecule has 0 saturated heterocycles. The van der Waals surface area contributed by atoms with Crippen molar-refractivity contribution in [2.75, 3.05) is 6.66 Å². The molecule has 0 unspecified atom stereocenters. The number of benzene rings is 3. The molecule has 0 amide bonds. The van der Waals surface area contributed by atoms with E-state index >= 15 is 0 Å². The Balaban J connectivity index is 0.00000225. The maximum absolute atomic E-state index is 3.98. The van der Waals surface area contributed by atoms with Crippen molar-refractivity contribution in [2.24, 2.45) is 0 Å². The van der Waals surface area contributed by atoms with Gasteiger partial charge in [0.25, 0.3) is 0 Å². The van der Waals surface area contributed by atoms with E-state index in [0.717, 1.165) is 0 Å². The number of hydrogen-bond donors (Lipinski definition) is 0. The molecule has 0 atom stereocenters. The summed E-state index contributed by atoms with van der Waals surface area (Å²) in [7, 11) is 2.30. The largest absolute Gasteiger partial charge is 1.00 e. The van der Waals surface area contributed by atoms with Crippen molar-refractivity contribution in [3.8, 4) is 0 Å². The molecule has 127 valence electrons. The van der Waals surface area contributed by atoms with Crippen LogP contribution in [0.15, 0.2) is 66.7 Å². The second-order valence-electron chi connectivity index (χ2n) is 6.51. The molecule has 0 fully saturated rings. The van der Waals surface area contributed by atoms with Crippen LogP contribution in [-0.4, -0.2) is 16.9 Å². The quantitative estimate of drug-likeness (QED) is 0.293. The highest BCUT2D eigenvalue weighted by Gasteiger charge is 2.41. The van der Waals surface area contributed by atoms with E-state index in [4.69, 9.17) is 0 Å². The maximum Gasteiger partial charge on any atom is 0.109 e. The molecule has 3 heteroatoms. The summed E-state index contributed by atoms with van der Waals surface area (Å²) in [6.45, 7) is 9.08. The van der Waals surface area contributed by atoms with E-state index in [1.165, 1.54) is 37.8 Å². The van der Waals surface area contributed by atoms with Crippen molar-refractivity contribution < 1.29 is 24.0 Å². The van der Waals surface area contributed by atoms with E-state index in [2.05, 4.69) is 104 Å². The number of halogens is 1. The lowest BCUT2D eigenvalue weighted by Gasteiger charge is -2.26. The van der Waals surface area contributed by atoms with E-state index in [0.29, 0.717) is 0 Å². The lowest BCUT2D eigenvalue weighted by Crippen LogP contribution is -3.00. The third-order valence-corrected chi connectivity index (χ3v) is 10.00. The molecule has 0 aliphatic heterocycles. The van der Waals surface area contributed by atoms with Crippen LogP contribution in [0.2, 0.25) is 0 Å². The first-order valence-electron chi connectivity index (χ1n) is 8.27. The van der Waals surface area contributed by atoms with Gasteiger partial charge in [0.15, 0.2) is 0 Å². The van der Waals surface area contributed by atoms with Crippen LogP contribution in [0.3, 0.4) is 0 Å². The first-order chi connectivity index (χ1) is 11.5. The highest BCUT2D eigenvalue weighted by Crippen LogP contribution is 2.51. The second-order valence-corrected chi connectivity index (χ2v) is 10.5. The summed E-state index contributed by atoms with van der Waals surface area (Å²) in [6, 6.07) is 24.3. The molecule has 25 heavy (non-hydrogen) atoms. The molecule has 3 radical (unpaired) electrons. The van der Waals surface area contributed by atoms with Crippen molar-refractivity contribution in [1.82, 2.24) is 0 Å². The highest BCUT2D eigenvalue weighted by molar-refractivity contribution is 7.95. The fraction of sp³-hybridized carbons (Fsp3) is 0.182. The van der Waals surface area contributed by atoms with Gasteiger partial charge >= 0.3 is 0 Å². The Morgan fingerprint density at radius 3 is 1.60 bits per heavy atom. The molecule has 3 aromatic rings. The molecule has 0 spiro atoms. The lowest BCUT2D eigenvalue weighted by molar-refractivity contribution is -0.00000484. The summed E-state index contributed by atoms with van der Waals surface area (Å²) in [5, 5.41) is 5.51. The van der Waals surface area contributed by atoms with Gasteiger partial charge in [-0.15, -0.1) is 0 Å². The van der Waals surface area contributed by atoms with Gasteiger partial charge in [-0.2, -0.15) is 0 Å². The molecular formula is C22H23IPSi. The van der Waals surface area contributed by atoms with E-state index in [-0.39, 0.29) is 24.0 Å². The Morgan fingerprint density at radius 1 is 0.720 bits per heavy atom. The van der Waals surface area contributed by atoms with Crippen LogP contribution in [0.4, 0.5) is 0 Å². The van der Waals surface area contributed by atoms with Gasteiger partial charge < -0.3 is 24.0 Å². The van der Waals surface area contributed by atoms with Crippen LogP contribution in [0.25, 0.3) is 0 Å². The molecular weight excluding hydrogens is 450 g/mol. The van der Waals surface area contributed by atoms with Crippen molar-refractivity contribution in [3.05, 3.63) is 83.4 Å². The zero-order chi connectivity index (χ0) is 17.3. The van der Waals surface area contributed by atoms with Crippen LogP contribution in [0.1, 0.15) is 16.7 Å². The molecule has 3 aromatic carbocycles. The number of rotatable bonds is 3. The topological polar surface area (TPSA) is 0 Å². The number of hydrogen-bond acceptors (Lipinski definition) is 0. The number of aryl methyl sites for hydroxylation is 1. The van der Waals surface area contributed by atoms with Crippen LogP contribution >= 0.6 is 7.26 Å². The normalized spacial score (nSPS) is 11.1. The first kappa shape index (κ1) is 20.4. The fourth-order valence-corrected chi connectivity index (χ4v) is 7.68. The minimum atomic E-state index is -1.69. The summed E-state index contributed by atoms with van der Waals surface area (Å²) < 4.78 is 0. The maximum atomic E-state index is 3.98. The standard InChI is InChI=1S/C22H23PSi.HI/c1-16-15-21(22(24)18(3)17(16)2)23(4,19-11-7-5-8-12-19)20-13-9-6-10-14-20;/h5-15H,1-4H3;1H/q+1;/p-1. The van der Waals surface area contributed by atoms with E-state index in [1.807, 2.05) is 0 Å². The molecule has 0 nitrogen and oxygen atoms in total.